The average molecular weight is 271 g/mol. The maximum atomic E-state index is 11.3. The topological polar surface area (TPSA) is 81.1 Å². The molecule has 0 fully saturated rings. The number of aromatic carboxylic acids is 1. The Morgan fingerprint density at radius 3 is 2.85 bits per heavy atom. The van der Waals surface area contributed by atoms with Gasteiger partial charge in [-0.05, 0) is 30.2 Å². The van der Waals surface area contributed by atoms with E-state index in [-0.39, 0.29) is 11.6 Å². The molecule has 6 nitrogen and oxygen atoms in total. The summed E-state index contributed by atoms with van der Waals surface area (Å²) in [5.74, 6) is -0.852. The van der Waals surface area contributed by atoms with Crippen LogP contribution >= 0.6 is 0 Å². The Kier molecular flexibility index (Phi) is 2.78. The zero-order valence-electron chi connectivity index (χ0n) is 11.1. The van der Waals surface area contributed by atoms with Crippen LogP contribution in [0.2, 0.25) is 0 Å². The Hall–Kier alpha value is -2.63. The molecule has 1 N–H and O–H groups in total. The molecule has 1 aromatic carbocycles. The third-order valence-electron chi connectivity index (χ3n) is 3.10. The van der Waals surface area contributed by atoms with Crippen LogP contribution in [0.1, 0.15) is 35.9 Å². The minimum atomic E-state index is -1.01. The van der Waals surface area contributed by atoms with Crippen molar-refractivity contribution in [1.29, 1.82) is 0 Å². The fourth-order valence-corrected chi connectivity index (χ4v) is 2.01. The molecule has 0 unspecified atom stereocenters. The molecule has 2 heterocycles. The van der Waals surface area contributed by atoms with Gasteiger partial charge in [-0.2, -0.15) is 5.10 Å². The number of oxazole rings is 1. The first-order chi connectivity index (χ1) is 9.56. The lowest BCUT2D eigenvalue weighted by molar-refractivity contribution is 0.0687. The summed E-state index contributed by atoms with van der Waals surface area (Å²) < 4.78 is 6.60. The molecule has 2 aromatic heterocycles. The van der Waals surface area contributed by atoms with Crippen molar-refractivity contribution >= 4 is 17.1 Å². The normalized spacial score (nSPS) is 11.3. The Morgan fingerprint density at radius 1 is 1.35 bits per heavy atom. The summed E-state index contributed by atoms with van der Waals surface area (Å²) in [7, 11) is 0. The lowest BCUT2D eigenvalue weighted by Gasteiger charge is -2.04. The smallest absolute Gasteiger partial charge is 0.354 e. The van der Waals surface area contributed by atoms with Crippen molar-refractivity contribution in [2.24, 2.45) is 0 Å². The molecule has 20 heavy (non-hydrogen) atoms. The number of hydrogen-bond donors (Lipinski definition) is 1. The van der Waals surface area contributed by atoms with Crippen LogP contribution in [-0.2, 0) is 0 Å². The number of rotatable bonds is 3. The van der Waals surface area contributed by atoms with E-state index in [0.29, 0.717) is 16.8 Å². The summed E-state index contributed by atoms with van der Waals surface area (Å²) in [6, 6.07) is 6.86. The number of benzene rings is 1. The number of aromatic nitrogens is 3. The van der Waals surface area contributed by atoms with Crippen molar-refractivity contribution in [3.63, 3.8) is 0 Å². The summed E-state index contributed by atoms with van der Waals surface area (Å²) in [5, 5.41) is 13.7. The van der Waals surface area contributed by atoms with Gasteiger partial charge in [-0.25, -0.2) is 14.5 Å². The highest BCUT2D eigenvalue weighted by atomic mass is 16.4. The van der Waals surface area contributed by atoms with E-state index in [1.165, 1.54) is 11.1 Å². The number of fused-ring (bicyclic) bond motifs is 1. The van der Waals surface area contributed by atoms with Crippen LogP contribution in [-0.4, -0.2) is 25.8 Å². The van der Waals surface area contributed by atoms with Crippen molar-refractivity contribution in [1.82, 2.24) is 14.8 Å². The molecule has 0 saturated heterocycles. The molecular formula is C14H13N3O3. The fraction of sp³-hybridized carbons (Fsp3) is 0.214. The van der Waals surface area contributed by atoms with Crippen LogP contribution in [0.25, 0.3) is 16.8 Å². The largest absolute Gasteiger partial charge is 0.477 e. The third-order valence-corrected chi connectivity index (χ3v) is 3.10. The fourth-order valence-electron chi connectivity index (χ4n) is 2.01. The van der Waals surface area contributed by atoms with Gasteiger partial charge in [0, 0.05) is 0 Å². The molecule has 0 amide bonds. The first kappa shape index (κ1) is 12.4. The number of hydrogen-bond acceptors (Lipinski definition) is 4. The molecule has 0 atom stereocenters. The second-order valence-electron chi connectivity index (χ2n) is 4.83. The predicted octanol–water partition coefficient (Wildman–Crippen LogP) is 2.84. The SMILES string of the molecule is CC(C)c1cc(C(=O)O)n(-c2ccc3ocnc3c2)n1. The van der Waals surface area contributed by atoms with Gasteiger partial charge in [0.2, 0.25) is 0 Å². The molecule has 0 aliphatic heterocycles. The molecule has 6 heteroatoms. The third kappa shape index (κ3) is 1.95. The molecule has 3 aromatic rings. The Balaban J connectivity index is 2.18. The Bertz CT molecular complexity index is 786. The van der Waals surface area contributed by atoms with Gasteiger partial charge < -0.3 is 9.52 Å². The Morgan fingerprint density at radius 2 is 2.15 bits per heavy atom. The minimum Gasteiger partial charge on any atom is -0.477 e. The van der Waals surface area contributed by atoms with E-state index >= 15 is 0 Å². The van der Waals surface area contributed by atoms with Crippen molar-refractivity contribution in [3.8, 4) is 5.69 Å². The highest BCUT2D eigenvalue weighted by Crippen LogP contribution is 2.21. The van der Waals surface area contributed by atoms with Crippen molar-refractivity contribution in [2.75, 3.05) is 0 Å². The van der Waals surface area contributed by atoms with Gasteiger partial charge in [-0.15, -0.1) is 0 Å². The van der Waals surface area contributed by atoms with Gasteiger partial charge in [0.25, 0.3) is 0 Å². The van der Waals surface area contributed by atoms with E-state index < -0.39 is 5.97 Å². The van der Waals surface area contributed by atoms with E-state index in [0.717, 1.165) is 5.69 Å². The van der Waals surface area contributed by atoms with Crippen LogP contribution in [0.15, 0.2) is 35.1 Å². The molecule has 0 aliphatic rings. The second-order valence-corrected chi connectivity index (χ2v) is 4.83. The monoisotopic (exact) mass is 271 g/mol. The lowest BCUT2D eigenvalue weighted by Crippen LogP contribution is -2.07. The second kappa shape index (κ2) is 4.48. The van der Waals surface area contributed by atoms with Gasteiger partial charge in [-0.1, -0.05) is 13.8 Å². The lowest BCUT2D eigenvalue weighted by atomic mass is 10.1. The zero-order chi connectivity index (χ0) is 14.3. The van der Waals surface area contributed by atoms with E-state index in [2.05, 4.69) is 10.1 Å². The van der Waals surface area contributed by atoms with Gasteiger partial charge >= 0.3 is 5.97 Å². The summed E-state index contributed by atoms with van der Waals surface area (Å²) >= 11 is 0. The highest BCUT2D eigenvalue weighted by molar-refractivity contribution is 5.87. The quantitative estimate of drug-likeness (QED) is 0.792. The molecule has 0 spiro atoms. The molecule has 0 saturated carbocycles. The van der Waals surface area contributed by atoms with Crippen LogP contribution in [0.4, 0.5) is 0 Å². The average Bonchev–Trinajstić information content (AvgIpc) is 3.04. The number of carbonyl (C=O) groups is 1. The summed E-state index contributed by atoms with van der Waals surface area (Å²) in [6.07, 6.45) is 1.36. The maximum absolute atomic E-state index is 11.3. The van der Waals surface area contributed by atoms with Gasteiger partial charge in [-0.3, -0.25) is 0 Å². The van der Waals surface area contributed by atoms with Crippen LogP contribution in [0, 0.1) is 0 Å². The van der Waals surface area contributed by atoms with E-state index in [4.69, 9.17) is 4.42 Å². The van der Waals surface area contributed by atoms with Crippen LogP contribution < -0.4 is 0 Å². The molecule has 3 rings (SSSR count). The van der Waals surface area contributed by atoms with Crippen molar-refractivity contribution in [3.05, 3.63) is 42.0 Å². The van der Waals surface area contributed by atoms with Gasteiger partial charge in [0.1, 0.15) is 5.52 Å². The van der Waals surface area contributed by atoms with E-state index in [1.54, 1.807) is 24.3 Å². The molecule has 0 aliphatic carbocycles. The highest BCUT2D eigenvalue weighted by Gasteiger charge is 2.17. The van der Waals surface area contributed by atoms with E-state index in [1.807, 2.05) is 13.8 Å². The number of nitrogens with zero attached hydrogens (tertiary/aromatic N) is 3. The molecular weight excluding hydrogens is 258 g/mol. The van der Waals surface area contributed by atoms with Crippen LogP contribution in [0.3, 0.4) is 0 Å². The minimum absolute atomic E-state index is 0.136. The standard InChI is InChI=1S/C14H13N3O3/c1-8(2)10-6-12(14(18)19)17(16-10)9-3-4-13-11(5-9)15-7-20-13/h3-8H,1-2H3,(H,18,19). The summed E-state index contributed by atoms with van der Waals surface area (Å²) in [4.78, 5) is 15.4. The predicted molar refractivity (Wildman–Crippen MR) is 72.2 cm³/mol. The number of carboxylic acid groups (broad SMARTS) is 1. The summed E-state index contributed by atoms with van der Waals surface area (Å²) in [6.45, 7) is 3.94. The first-order valence-corrected chi connectivity index (χ1v) is 6.23. The first-order valence-electron chi connectivity index (χ1n) is 6.23. The zero-order valence-corrected chi connectivity index (χ0v) is 11.1. The molecule has 102 valence electrons. The van der Waals surface area contributed by atoms with E-state index in [9.17, 15) is 9.90 Å². The number of carboxylic acids is 1. The van der Waals surface area contributed by atoms with Gasteiger partial charge in [0.15, 0.2) is 17.7 Å². The Labute approximate surface area is 114 Å². The summed E-state index contributed by atoms with van der Waals surface area (Å²) in [5.41, 5.74) is 2.84. The van der Waals surface area contributed by atoms with Crippen molar-refractivity contribution in [2.45, 2.75) is 19.8 Å². The molecule has 0 radical (unpaired) electrons. The molecule has 0 bridgehead atoms. The van der Waals surface area contributed by atoms with Crippen molar-refractivity contribution < 1.29 is 14.3 Å². The van der Waals surface area contributed by atoms with Crippen LogP contribution in [0.5, 0.6) is 0 Å². The van der Waals surface area contributed by atoms with Gasteiger partial charge in [0.05, 0.1) is 11.4 Å². The maximum Gasteiger partial charge on any atom is 0.354 e.